The van der Waals surface area contributed by atoms with Crippen molar-refractivity contribution in [3.05, 3.63) is 41.5 Å². The first-order chi connectivity index (χ1) is 19.5. The van der Waals surface area contributed by atoms with Crippen LogP contribution in [-0.4, -0.2) is 57.8 Å². The topological polar surface area (TPSA) is 147 Å². The molecule has 2 unspecified atom stereocenters. The molecule has 1 heterocycles. The van der Waals surface area contributed by atoms with Crippen molar-refractivity contribution in [2.24, 2.45) is 34.5 Å². The molecule has 0 radical (unpaired) electrons. The second kappa shape index (κ2) is 10.3. The number of ether oxygens (including phenoxy) is 2. The van der Waals surface area contributed by atoms with E-state index in [0.717, 1.165) is 25.7 Å². The third-order valence-corrected chi connectivity index (χ3v) is 11.2. The highest BCUT2D eigenvalue weighted by Gasteiger charge is 2.71. The number of carboxylic acid groups (broad SMARTS) is 1. The highest BCUT2D eigenvalue weighted by Crippen LogP contribution is 2.71. The fourth-order valence-electron chi connectivity index (χ4n) is 9.47. The lowest BCUT2D eigenvalue weighted by molar-refractivity contribution is -0.163. The van der Waals surface area contributed by atoms with E-state index >= 15 is 0 Å². The van der Waals surface area contributed by atoms with E-state index in [1.807, 2.05) is 6.08 Å². The quantitative estimate of drug-likeness (QED) is 0.399. The molecule has 9 atom stereocenters. The van der Waals surface area contributed by atoms with Crippen LogP contribution in [0.25, 0.3) is 0 Å². The maximum atomic E-state index is 13.6. The van der Waals surface area contributed by atoms with E-state index in [-0.39, 0.29) is 53.5 Å². The van der Waals surface area contributed by atoms with Crippen LogP contribution < -0.4 is 0 Å². The number of allylic oxidation sites excluding steroid dienone is 1. The van der Waals surface area contributed by atoms with Crippen LogP contribution in [0.4, 0.5) is 0 Å². The first-order valence-corrected chi connectivity index (χ1v) is 14.8. The number of carbonyl (C=O) groups is 4. The third kappa shape index (κ3) is 4.61. The molecule has 1 aromatic carbocycles. The SMILES string of the molecule is C[C@]12CCC(=O)C=C1CC[C@@H]1[C@@H]2[C@@H]2C[C@]3(C(O)O2)[C@@H](C(=O)COC(=O)CC(CC(=O)O)c2ccc(O)cc2)CC[C@@H]13. The van der Waals surface area contributed by atoms with E-state index in [0.29, 0.717) is 30.7 Å². The number of carboxylic acids is 1. The molecule has 220 valence electrons. The Bertz CT molecular complexity index is 1280. The van der Waals surface area contributed by atoms with Crippen molar-refractivity contribution in [1.29, 1.82) is 0 Å². The molecular weight excluding hydrogens is 528 g/mol. The maximum absolute atomic E-state index is 13.6. The van der Waals surface area contributed by atoms with Crippen LogP contribution in [0.1, 0.15) is 76.2 Å². The van der Waals surface area contributed by atoms with Gasteiger partial charge >= 0.3 is 11.9 Å². The average molecular weight is 567 g/mol. The fourth-order valence-corrected chi connectivity index (χ4v) is 9.47. The number of aromatic hydroxyl groups is 1. The number of carbonyl (C=O) groups excluding carboxylic acids is 3. The largest absolute Gasteiger partial charge is 0.508 e. The number of phenols is 1. The minimum atomic E-state index is -1.07. The molecule has 41 heavy (non-hydrogen) atoms. The van der Waals surface area contributed by atoms with Crippen molar-refractivity contribution in [1.82, 2.24) is 0 Å². The number of hydrogen-bond acceptors (Lipinski definition) is 8. The average Bonchev–Trinajstić information content (AvgIpc) is 3.45. The number of aliphatic hydroxyl groups excluding tert-OH is 1. The van der Waals surface area contributed by atoms with Crippen LogP contribution in [0.15, 0.2) is 35.9 Å². The molecule has 4 fully saturated rings. The molecular formula is C32H38O9. The molecule has 6 rings (SSSR count). The van der Waals surface area contributed by atoms with Gasteiger partial charge in [-0.05, 0) is 85.5 Å². The van der Waals surface area contributed by atoms with Crippen molar-refractivity contribution >= 4 is 23.5 Å². The Hall–Kier alpha value is -3.04. The van der Waals surface area contributed by atoms with Crippen LogP contribution in [0.2, 0.25) is 0 Å². The van der Waals surface area contributed by atoms with Gasteiger partial charge in [0.1, 0.15) is 12.4 Å². The molecule has 1 aliphatic heterocycles. The second-order valence-electron chi connectivity index (χ2n) is 13.1. The first-order valence-electron chi connectivity index (χ1n) is 14.8. The molecule has 9 heteroatoms. The highest BCUT2D eigenvalue weighted by molar-refractivity contribution is 5.91. The lowest BCUT2D eigenvalue weighted by atomic mass is 9.46. The van der Waals surface area contributed by atoms with E-state index in [1.54, 1.807) is 12.1 Å². The molecule has 3 saturated carbocycles. The van der Waals surface area contributed by atoms with Gasteiger partial charge in [0.15, 0.2) is 17.9 Å². The second-order valence-corrected chi connectivity index (χ2v) is 13.1. The summed E-state index contributed by atoms with van der Waals surface area (Å²) in [6.07, 6.45) is 5.16. The zero-order chi connectivity index (χ0) is 29.1. The number of esters is 1. The minimum Gasteiger partial charge on any atom is -0.508 e. The van der Waals surface area contributed by atoms with Gasteiger partial charge in [-0.25, -0.2) is 0 Å². The summed E-state index contributed by atoms with van der Waals surface area (Å²) < 4.78 is 11.7. The van der Waals surface area contributed by atoms with Crippen molar-refractivity contribution in [3.63, 3.8) is 0 Å². The van der Waals surface area contributed by atoms with Crippen molar-refractivity contribution < 1.29 is 44.0 Å². The summed E-state index contributed by atoms with van der Waals surface area (Å²) in [7, 11) is 0. The van der Waals surface area contributed by atoms with E-state index < -0.39 is 42.1 Å². The first kappa shape index (κ1) is 28.1. The number of hydrogen-bond donors (Lipinski definition) is 3. The van der Waals surface area contributed by atoms with Gasteiger partial charge in [-0.1, -0.05) is 24.6 Å². The van der Waals surface area contributed by atoms with Gasteiger partial charge in [0.05, 0.1) is 18.9 Å². The molecule has 1 spiro atoms. The summed E-state index contributed by atoms with van der Waals surface area (Å²) in [4.78, 5) is 49.9. The van der Waals surface area contributed by atoms with Crippen molar-refractivity contribution in [2.75, 3.05) is 6.61 Å². The van der Waals surface area contributed by atoms with Crippen LogP contribution in [0.5, 0.6) is 5.75 Å². The molecule has 1 aromatic rings. The number of aliphatic hydroxyl groups is 1. The molecule has 1 saturated heterocycles. The summed E-state index contributed by atoms with van der Waals surface area (Å²) in [6.45, 7) is 1.82. The van der Waals surface area contributed by atoms with Gasteiger partial charge in [-0.15, -0.1) is 0 Å². The lowest BCUT2D eigenvalue weighted by Gasteiger charge is -2.57. The molecule has 5 aliphatic rings. The Labute approximate surface area is 238 Å². The fraction of sp³-hybridized carbons (Fsp3) is 0.625. The van der Waals surface area contributed by atoms with Crippen LogP contribution in [0, 0.1) is 34.5 Å². The molecule has 0 aromatic heterocycles. The number of phenolic OH excluding ortho intramolecular Hbond substituents is 1. The maximum Gasteiger partial charge on any atom is 0.306 e. The highest BCUT2D eigenvalue weighted by atomic mass is 16.6. The zero-order valence-electron chi connectivity index (χ0n) is 23.3. The number of Topliss-reactive ketones (excluding diaryl/α,β-unsaturated/α-hetero) is 1. The zero-order valence-corrected chi connectivity index (χ0v) is 23.3. The van der Waals surface area contributed by atoms with Gasteiger partial charge in [0.25, 0.3) is 0 Å². The van der Waals surface area contributed by atoms with Gasteiger partial charge in [-0.2, -0.15) is 0 Å². The van der Waals surface area contributed by atoms with E-state index in [1.165, 1.54) is 17.7 Å². The number of fused-ring (bicyclic) bond motifs is 6. The van der Waals surface area contributed by atoms with Crippen LogP contribution in [-0.2, 0) is 28.7 Å². The van der Waals surface area contributed by atoms with Gasteiger partial charge < -0.3 is 24.8 Å². The van der Waals surface area contributed by atoms with Crippen LogP contribution in [0.3, 0.4) is 0 Å². The predicted octanol–water partition coefficient (Wildman–Crippen LogP) is 3.91. The predicted molar refractivity (Wildman–Crippen MR) is 144 cm³/mol. The molecule has 9 nitrogen and oxygen atoms in total. The Kier molecular flexibility index (Phi) is 7.09. The lowest BCUT2D eigenvalue weighted by Crippen LogP contribution is -2.55. The van der Waals surface area contributed by atoms with E-state index in [2.05, 4.69) is 6.92 Å². The summed E-state index contributed by atoms with van der Waals surface area (Å²) in [5.41, 5.74) is 0.953. The van der Waals surface area contributed by atoms with Gasteiger partial charge in [-0.3, -0.25) is 19.2 Å². The number of ketones is 2. The Morgan fingerprint density at radius 1 is 1.10 bits per heavy atom. The van der Waals surface area contributed by atoms with Gasteiger partial charge in [0.2, 0.25) is 0 Å². The Balaban J connectivity index is 1.15. The smallest absolute Gasteiger partial charge is 0.306 e. The van der Waals surface area contributed by atoms with E-state index in [9.17, 15) is 34.5 Å². The summed E-state index contributed by atoms with van der Waals surface area (Å²) >= 11 is 0. The summed E-state index contributed by atoms with van der Waals surface area (Å²) in [5.74, 6) is -2.27. The Morgan fingerprint density at radius 3 is 2.59 bits per heavy atom. The number of aliphatic carboxylic acids is 1. The number of benzene rings is 1. The van der Waals surface area contributed by atoms with Crippen molar-refractivity contribution in [2.45, 2.75) is 83.0 Å². The number of rotatable bonds is 8. The molecule has 4 aliphatic carbocycles. The standard InChI is InChI=1S/C32H38O9/c1-31-11-10-21(34)14-19(31)4-7-22-23-8-9-24(32(23)15-26(29(22)31)41-30(32)39)25(35)16-40-28(38)13-18(12-27(36)37)17-2-5-20(33)6-3-17/h2-3,5-6,14,18,22-24,26,29-30,33,39H,4,7-13,15-16H2,1H3,(H,36,37)/t18?,22-,23-,24+,26-,29+,30?,31-,32+/m0/s1. The van der Waals surface area contributed by atoms with Crippen LogP contribution >= 0.6 is 0 Å². The van der Waals surface area contributed by atoms with E-state index in [4.69, 9.17) is 9.47 Å². The Morgan fingerprint density at radius 2 is 1.85 bits per heavy atom. The summed E-state index contributed by atoms with van der Waals surface area (Å²) in [5, 5.41) is 30.2. The summed E-state index contributed by atoms with van der Waals surface area (Å²) in [6, 6.07) is 6.01. The monoisotopic (exact) mass is 566 g/mol. The third-order valence-electron chi connectivity index (χ3n) is 11.2. The van der Waals surface area contributed by atoms with Crippen molar-refractivity contribution in [3.8, 4) is 5.75 Å². The minimum absolute atomic E-state index is 0.0349. The molecule has 0 amide bonds. The normalized spacial score (nSPS) is 37.8. The molecule has 3 N–H and O–H groups in total. The van der Waals surface area contributed by atoms with Gasteiger partial charge in [0, 0.05) is 23.7 Å². The molecule has 2 bridgehead atoms.